The first kappa shape index (κ1) is 15.3. The van der Waals surface area contributed by atoms with E-state index in [2.05, 4.69) is 15.1 Å². The third-order valence-electron chi connectivity index (χ3n) is 4.16. The lowest BCUT2D eigenvalue weighted by Gasteiger charge is -2.16. The van der Waals surface area contributed by atoms with E-state index in [0.29, 0.717) is 18.1 Å². The lowest BCUT2D eigenvalue weighted by molar-refractivity contribution is 0.140. The van der Waals surface area contributed by atoms with Gasteiger partial charge in [0.25, 0.3) is 0 Å². The third-order valence-corrected chi connectivity index (χ3v) is 4.60. The summed E-state index contributed by atoms with van der Waals surface area (Å²) in [5.41, 5.74) is 2.90. The van der Waals surface area contributed by atoms with E-state index in [4.69, 9.17) is 11.6 Å². The summed E-state index contributed by atoms with van der Waals surface area (Å²) >= 11 is 6.12. The Bertz CT molecular complexity index is 659. The minimum Gasteiger partial charge on any atom is -0.506 e. The Morgan fingerprint density at radius 3 is 2.95 bits per heavy atom. The minimum absolute atomic E-state index is 0.0995. The van der Waals surface area contributed by atoms with Gasteiger partial charge in [0, 0.05) is 31.2 Å². The monoisotopic (exact) mass is 321 g/mol. The third kappa shape index (κ3) is 3.27. The number of phenolic OH excluding ortho intramolecular Hbond substituents is 1. The predicted molar refractivity (Wildman–Crippen MR) is 84.9 cm³/mol. The second-order valence-corrected chi connectivity index (χ2v) is 6.40. The normalized spacial score (nSPS) is 22.3. The Morgan fingerprint density at radius 1 is 1.41 bits per heavy atom. The van der Waals surface area contributed by atoms with E-state index in [0.717, 1.165) is 29.9 Å². The van der Waals surface area contributed by atoms with Crippen molar-refractivity contribution in [3.05, 3.63) is 46.2 Å². The molecule has 3 rings (SSSR count). The van der Waals surface area contributed by atoms with Gasteiger partial charge in [-0.05, 0) is 31.0 Å². The topological polar surface area (TPSA) is 72.4 Å². The van der Waals surface area contributed by atoms with Crippen molar-refractivity contribution in [2.45, 2.75) is 26.0 Å². The van der Waals surface area contributed by atoms with E-state index in [9.17, 15) is 10.2 Å². The number of aryl methyl sites for hydroxylation is 1. The Morgan fingerprint density at radius 2 is 2.23 bits per heavy atom. The van der Waals surface area contributed by atoms with Crippen LogP contribution in [0.1, 0.15) is 17.0 Å². The number of aromatic hydroxyl groups is 1. The van der Waals surface area contributed by atoms with Crippen molar-refractivity contribution in [1.82, 2.24) is 15.1 Å². The molecular weight excluding hydrogens is 302 g/mol. The fraction of sp³-hybridized carbons (Fsp3) is 0.438. The molecule has 2 heterocycles. The Hall–Kier alpha value is -1.56. The van der Waals surface area contributed by atoms with E-state index < -0.39 is 0 Å². The maximum absolute atomic E-state index is 10.3. The molecule has 3 N–H and O–H groups in total. The van der Waals surface area contributed by atoms with Crippen LogP contribution in [0, 0.1) is 12.8 Å². The molecule has 1 fully saturated rings. The molecule has 0 aliphatic carbocycles. The number of rotatable bonds is 4. The van der Waals surface area contributed by atoms with Crippen LogP contribution in [0.5, 0.6) is 5.75 Å². The first-order chi connectivity index (χ1) is 10.5. The lowest BCUT2D eigenvalue weighted by Crippen LogP contribution is -2.21. The molecule has 1 saturated heterocycles. The molecule has 22 heavy (non-hydrogen) atoms. The van der Waals surface area contributed by atoms with Gasteiger partial charge in [-0.2, -0.15) is 5.10 Å². The quantitative estimate of drug-likeness (QED) is 0.806. The van der Waals surface area contributed by atoms with Crippen LogP contribution in [0.25, 0.3) is 0 Å². The number of benzene rings is 1. The standard InChI is InChI=1S/C16H20ClN3O2/c1-10-5-13(19-18-10)6-12-8-20(9-15(12)22)7-11-3-2-4-14(21)16(11)17/h2-5,12,15,21-22H,6-9H2,1H3,(H,18,19)/t12-,15-/m1/s1. The average molecular weight is 322 g/mol. The fourth-order valence-electron chi connectivity index (χ4n) is 3.05. The predicted octanol–water partition coefficient (Wildman–Crippen LogP) is 2.11. The fourth-order valence-corrected chi connectivity index (χ4v) is 3.23. The molecule has 2 atom stereocenters. The van der Waals surface area contributed by atoms with Crippen molar-refractivity contribution < 1.29 is 10.2 Å². The van der Waals surface area contributed by atoms with Gasteiger partial charge in [-0.1, -0.05) is 23.7 Å². The lowest BCUT2D eigenvalue weighted by atomic mass is 10.0. The summed E-state index contributed by atoms with van der Waals surface area (Å²) in [6.45, 7) is 4.00. The molecule has 1 aliphatic heterocycles. The molecule has 0 unspecified atom stereocenters. The summed E-state index contributed by atoms with van der Waals surface area (Å²) in [5, 5.41) is 27.5. The second kappa shape index (κ2) is 6.28. The Balaban J connectivity index is 1.64. The molecule has 6 heteroatoms. The number of likely N-dealkylation sites (tertiary alicyclic amines) is 1. The SMILES string of the molecule is Cc1cc(C[C@@H]2CN(Cc3cccc(O)c3Cl)C[C@H]2O)n[nH]1. The molecule has 0 radical (unpaired) electrons. The van der Waals surface area contributed by atoms with Crippen molar-refractivity contribution in [2.75, 3.05) is 13.1 Å². The number of nitrogens with zero attached hydrogens (tertiary/aromatic N) is 2. The summed E-state index contributed by atoms with van der Waals surface area (Å²) in [5.74, 6) is 0.265. The molecular formula is C16H20ClN3O2. The Labute approximate surface area is 134 Å². The number of aromatic nitrogens is 2. The van der Waals surface area contributed by atoms with Crippen LogP contribution in [0.2, 0.25) is 5.02 Å². The molecule has 0 saturated carbocycles. The van der Waals surface area contributed by atoms with E-state index in [1.165, 1.54) is 0 Å². The van der Waals surface area contributed by atoms with Crippen LogP contribution in [0.15, 0.2) is 24.3 Å². The van der Waals surface area contributed by atoms with E-state index >= 15 is 0 Å². The van der Waals surface area contributed by atoms with Crippen LogP contribution < -0.4 is 0 Å². The highest BCUT2D eigenvalue weighted by Crippen LogP contribution is 2.29. The van der Waals surface area contributed by atoms with Gasteiger partial charge in [0.05, 0.1) is 16.8 Å². The van der Waals surface area contributed by atoms with Crippen molar-refractivity contribution in [1.29, 1.82) is 0 Å². The van der Waals surface area contributed by atoms with Gasteiger partial charge in [-0.15, -0.1) is 0 Å². The molecule has 1 aromatic carbocycles. The first-order valence-electron chi connectivity index (χ1n) is 7.40. The first-order valence-corrected chi connectivity index (χ1v) is 7.78. The molecule has 118 valence electrons. The highest BCUT2D eigenvalue weighted by Gasteiger charge is 2.32. The van der Waals surface area contributed by atoms with Crippen LogP contribution in [-0.4, -0.2) is 44.5 Å². The zero-order valence-electron chi connectivity index (χ0n) is 12.5. The van der Waals surface area contributed by atoms with Gasteiger partial charge >= 0.3 is 0 Å². The number of phenols is 1. The number of nitrogens with one attached hydrogen (secondary N) is 1. The Kier molecular flexibility index (Phi) is 4.38. The summed E-state index contributed by atoms with van der Waals surface area (Å²) < 4.78 is 0. The molecule has 2 aromatic rings. The van der Waals surface area contributed by atoms with Gasteiger partial charge in [-0.3, -0.25) is 10.00 Å². The summed E-state index contributed by atoms with van der Waals surface area (Å²) in [4.78, 5) is 2.16. The number of H-pyrrole nitrogens is 1. The number of halogens is 1. The van der Waals surface area contributed by atoms with Crippen LogP contribution >= 0.6 is 11.6 Å². The zero-order chi connectivity index (χ0) is 15.7. The van der Waals surface area contributed by atoms with Gasteiger partial charge in [-0.25, -0.2) is 0 Å². The molecule has 1 aliphatic rings. The van der Waals surface area contributed by atoms with Gasteiger partial charge in [0.1, 0.15) is 5.75 Å². The van der Waals surface area contributed by atoms with Gasteiger partial charge in [0.15, 0.2) is 0 Å². The van der Waals surface area contributed by atoms with E-state index in [1.54, 1.807) is 12.1 Å². The largest absolute Gasteiger partial charge is 0.506 e. The molecule has 0 amide bonds. The van der Waals surface area contributed by atoms with Crippen molar-refractivity contribution >= 4 is 11.6 Å². The number of hydrogen-bond acceptors (Lipinski definition) is 4. The summed E-state index contributed by atoms with van der Waals surface area (Å²) in [6, 6.07) is 7.28. The second-order valence-electron chi connectivity index (χ2n) is 6.02. The number of aliphatic hydroxyl groups is 1. The number of aromatic amines is 1. The zero-order valence-corrected chi connectivity index (χ0v) is 13.2. The molecule has 0 bridgehead atoms. The maximum Gasteiger partial charge on any atom is 0.134 e. The maximum atomic E-state index is 10.3. The number of β-amino-alcohol motifs (C(OH)–C–C–N with tert-alkyl or cyclic N) is 1. The van der Waals surface area contributed by atoms with E-state index in [1.807, 2.05) is 19.1 Å². The average Bonchev–Trinajstić information content (AvgIpc) is 3.02. The number of hydrogen-bond donors (Lipinski definition) is 3. The number of aliphatic hydroxyl groups excluding tert-OH is 1. The summed E-state index contributed by atoms with van der Waals surface area (Å²) in [6.07, 6.45) is 0.392. The molecule has 1 aromatic heterocycles. The smallest absolute Gasteiger partial charge is 0.134 e. The van der Waals surface area contributed by atoms with Crippen LogP contribution in [-0.2, 0) is 13.0 Å². The van der Waals surface area contributed by atoms with Crippen molar-refractivity contribution in [3.63, 3.8) is 0 Å². The minimum atomic E-state index is -0.368. The highest BCUT2D eigenvalue weighted by atomic mass is 35.5. The summed E-state index contributed by atoms with van der Waals surface area (Å²) in [7, 11) is 0. The molecule has 0 spiro atoms. The van der Waals surface area contributed by atoms with Crippen molar-refractivity contribution in [3.8, 4) is 5.75 Å². The van der Waals surface area contributed by atoms with E-state index in [-0.39, 0.29) is 17.8 Å². The molecule has 5 nitrogen and oxygen atoms in total. The van der Waals surface area contributed by atoms with Crippen LogP contribution in [0.4, 0.5) is 0 Å². The van der Waals surface area contributed by atoms with Crippen molar-refractivity contribution in [2.24, 2.45) is 5.92 Å². The van der Waals surface area contributed by atoms with Crippen LogP contribution in [0.3, 0.4) is 0 Å². The van der Waals surface area contributed by atoms with Gasteiger partial charge in [0.2, 0.25) is 0 Å². The van der Waals surface area contributed by atoms with Gasteiger partial charge < -0.3 is 10.2 Å². The highest BCUT2D eigenvalue weighted by molar-refractivity contribution is 6.32.